The zero-order chi connectivity index (χ0) is 20.6. The molecule has 156 valence electrons. The molecule has 1 aromatic carbocycles. The molecular weight excluding hydrogens is 387 g/mol. The Morgan fingerprint density at radius 3 is 2.59 bits per heavy atom. The van der Waals surface area contributed by atoms with Gasteiger partial charge in [-0.3, -0.25) is 0 Å². The number of ether oxygens (including phenoxy) is 2. The van der Waals surface area contributed by atoms with Crippen molar-refractivity contribution in [3.8, 4) is 28.5 Å². The first-order chi connectivity index (χ1) is 13.8. The molecule has 0 atom stereocenters. The van der Waals surface area contributed by atoms with Crippen LogP contribution in [0.3, 0.4) is 0 Å². The van der Waals surface area contributed by atoms with Crippen molar-refractivity contribution in [1.29, 1.82) is 0 Å². The molecule has 0 radical (unpaired) electrons. The molecule has 1 aliphatic carbocycles. The SMILES string of the molecule is Cc1cc(OC(F)(F)F)cc(O)c1-c1cc2c(nn1)N(C1CCCCC1)CCO2. The van der Waals surface area contributed by atoms with Gasteiger partial charge in [0.1, 0.15) is 23.8 Å². The van der Waals surface area contributed by atoms with Crippen molar-refractivity contribution in [2.24, 2.45) is 0 Å². The van der Waals surface area contributed by atoms with E-state index >= 15 is 0 Å². The highest BCUT2D eigenvalue weighted by Gasteiger charge is 2.32. The van der Waals surface area contributed by atoms with Gasteiger partial charge in [-0.15, -0.1) is 23.4 Å². The van der Waals surface area contributed by atoms with E-state index in [-0.39, 0.29) is 5.75 Å². The van der Waals surface area contributed by atoms with Crippen molar-refractivity contribution in [3.63, 3.8) is 0 Å². The predicted molar refractivity (Wildman–Crippen MR) is 100 cm³/mol. The molecule has 0 bridgehead atoms. The maximum Gasteiger partial charge on any atom is 0.573 e. The summed E-state index contributed by atoms with van der Waals surface area (Å²) in [7, 11) is 0. The van der Waals surface area contributed by atoms with Crippen molar-refractivity contribution in [2.45, 2.75) is 51.4 Å². The van der Waals surface area contributed by atoms with Crippen molar-refractivity contribution < 1.29 is 27.8 Å². The molecule has 0 unspecified atom stereocenters. The zero-order valence-corrected chi connectivity index (χ0v) is 16.0. The molecule has 9 heteroatoms. The summed E-state index contributed by atoms with van der Waals surface area (Å²) in [6, 6.07) is 4.23. The Bertz CT molecular complexity index is 875. The molecule has 1 saturated carbocycles. The van der Waals surface area contributed by atoms with Crippen molar-refractivity contribution in [3.05, 3.63) is 23.8 Å². The number of rotatable bonds is 3. The fraction of sp³-hybridized carbons (Fsp3) is 0.500. The van der Waals surface area contributed by atoms with E-state index in [0.717, 1.165) is 25.5 Å². The Hall–Kier alpha value is -2.71. The first-order valence-corrected chi connectivity index (χ1v) is 9.69. The summed E-state index contributed by atoms with van der Waals surface area (Å²) in [6.07, 6.45) is 1.05. The number of alkyl halides is 3. The van der Waals surface area contributed by atoms with Crippen molar-refractivity contribution >= 4 is 5.82 Å². The van der Waals surface area contributed by atoms with Gasteiger partial charge >= 0.3 is 6.36 Å². The summed E-state index contributed by atoms with van der Waals surface area (Å²) in [5, 5.41) is 18.9. The molecule has 4 rings (SSSR count). The van der Waals surface area contributed by atoms with Crippen molar-refractivity contribution in [2.75, 3.05) is 18.1 Å². The van der Waals surface area contributed by atoms with E-state index in [4.69, 9.17) is 4.74 Å². The molecule has 29 heavy (non-hydrogen) atoms. The molecule has 1 aromatic heterocycles. The largest absolute Gasteiger partial charge is 0.573 e. The standard InChI is InChI=1S/C20H22F3N3O3/c1-12-9-14(29-20(21,22)23)10-16(27)18(12)15-11-17-19(25-24-15)26(7-8-28-17)13-5-3-2-4-6-13/h9-11,13,27H,2-8H2,1H3. The summed E-state index contributed by atoms with van der Waals surface area (Å²) in [6.45, 7) is 2.85. The minimum Gasteiger partial charge on any atom is -0.507 e. The smallest absolute Gasteiger partial charge is 0.507 e. The number of nitrogens with zero attached hydrogens (tertiary/aromatic N) is 3. The zero-order valence-electron chi connectivity index (χ0n) is 16.0. The number of aromatic hydroxyl groups is 1. The second-order valence-electron chi connectivity index (χ2n) is 7.43. The van der Waals surface area contributed by atoms with Gasteiger partial charge in [0.25, 0.3) is 0 Å². The minimum absolute atomic E-state index is 0.299. The number of hydrogen-bond acceptors (Lipinski definition) is 6. The molecule has 1 fully saturated rings. The number of phenolic OH excluding ortho intramolecular Hbond substituents is 1. The second kappa shape index (κ2) is 7.61. The maximum atomic E-state index is 12.5. The summed E-state index contributed by atoms with van der Waals surface area (Å²) in [5.41, 5.74) is 1.02. The van der Waals surface area contributed by atoms with Crippen LogP contribution in [0.1, 0.15) is 37.7 Å². The maximum absolute atomic E-state index is 12.5. The van der Waals surface area contributed by atoms with E-state index in [1.807, 2.05) is 0 Å². The first kappa shape index (κ1) is 19.6. The van der Waals surface area contributed by atoms with Crippen LogP contribution in [-0.2, 0) is 0 Å². The number of aromatic nitrogens is 2. The fourth-order valence-corrected chi connectivity index (χ4v) is 4.17. The third-order valence-corrected chi connectivity index (χ3v) is 5.40. The molecule has 2 heterocycles. The van der Waals surface area contributed by atoms with Crippen molar-refractivity contribution in [1.82, 2.24) is 10.2 Å². The van der Waals surface area contributed by atoms with Crippen LogP contribution in [0, 0.1) is 6.92 Å². The van der Waals surface area contributed by atoms with E-state index in [1.165, 1.54) is 25.3 Å². The fourth-order valence-electron chi connectivity index (χ4n) is 4.17. The molecule has 1 aliphatic heterocycles. The number of halogens is 3. The lowest BCUT2D eigenvalue weighted by molar-refractivity contribution is -0.274. The molecule has 2 aromatic rings. The quantitative estimate of drug-likeness (QED) is 0.800. The minimum atomic E-state index is -4.83. The first-order valence-electron chi connectivity index (χ1n) is 9.69. The average Bonchev–Trinajstić information content (AvgIpc) is 2.66. The lowest BCUT2D eigenvalue weighted by atomic mass is 9.94. The van der Waals surface area contributed by atoms with Gasteiger partial charge in [-0.1, -0.05) is 19.3 Å². The lowest BCUT2D eigenvalue weighted by Crippen LogP contribution is -2.42. The van der Waals surface area contributed by atoms with Crippen LogP contribution in [0.5, 0.6) is 17.2 Å². The van der Waals surface area contributed by atoms with Gasteiger partial charge in [0, 0.05) is 23.7 Å². The van der Waals surface area contributed by atoms with Crippen LogP contribution in [0.25, 0.3) is 11.3 Å². The van der Waals surface area contributed by atoms with Gasteiger partial charge in [-0.2, -0.15) is 0 Å². The number of anilines is 1. The molecule has 2 aliphatic rings. The normalized spacial score (nSPS) is 17.6. The van der Waals surface area contributed by atoms with Crippen LogP contribution < -0.4 is 14.4 Å². The van der Waals surface area contributed by atoms with E-state index in [9.17, 15) is 18.3 Å². The number of hydrogen-bond donors (Lipinski definition) is 1. The van der Waals surface area contributed by atoms with Crippen LogP contribution in [-0.4, -0.2) is 40.9 Å². The van der Waals surface area contributed by atoms with Crippen LogP contribution >= 0.6 is 0 Å². The van der Waals surface area contributed by atoms with Gasteiger partial charge in [-0.25, -0.2) is 0 Å². The molecule has 6 nitrogen and oxygen atoms in total. The Balaban J connectivity index is 1.65. The van der Waals surface area contributed by atoms with Crippen LogP contribution in [0.15, 0.2) is 18.2 Å². The highest BCUT2D eigenvalue weighted by atomic mass is 19.4. The van der Waals surface area contributed by atoms with Crippen LogP contribution in [0.4, 0.5) is 19.0 Å². The molecule has 0 amide bonds. The average molecular weight is 409 g/mol. The Morgan fingerprint density at radius 1 is 1.14 bits per heavy atom. The van der Waals surface area contributed by atoms with Gasteiger partial charge in [0.15, 0.2) is 11.6 Å². The van der Waals surface area contributed by atoms with Gasteiger partial charge in [0.05, 0.1) is 6.54 Å². The van der Waals surface area contributed by atoms with E-state index < -0.39 is 12.1 Å². The Labute approximate surface area is 166 Å². The number of fused-ring (bicyclic) bond motifs is 1. The van der Waals surface area contributed by atoms with Gasteiger partial charge in [0.2, 0.25) is 0 Å². The number of aryl methyl sites for hydroxylation is 1. The van der Waals surface area contributed by atoms with E-state index in [2.05, 4.69) is 19.8 Å². The third-order valence-electron chi connectivity index (χ3n) is 5.40. The van der Waals surface area contributed by atoms with Crippen LogP contribution in [0.2, 0.25) is 0 Å². The molecule has 1 N–H and O–H groups in total. The number of phenols is 1. The Kier molecular flexibility index (Phi) is 5.14. The summed E-state index contributed by atoms with van der Waals surface area (Å²) < 4.78 is 47.1. The highest BCUT2D eigenvalue weighted by Crippen LogP contribution is 2.40. The monoisotopic (exact) mass is 409 g/mol. The van der Waals surface area contributed by atoms with Gasteiger partial charge < -0.3 is 19.5 Å². The molecule has 0 saturated heterocycles. The third kappa shape index (κ3) is 4.18. The molecular formula is C20H22F3N3O3. The second-order valence-corrected chi connectivity index (χ2v) is 7.43. The number of benzene rings is 1. The van der Waals surface area contributed by atoms with E-state index in [1.54, 1.807) is 13.0 Å². The predicted octanol–water partition coefficient (Wildman–Crippen LogP) is 4.59. The Morgan fingerprint density at radius 2 is 1.90 bits per heavy atom. The molecule has 0 spiro atoms. The summed E-state index contributed by atoms with van der Waals surface area (Å²) >= 11 is 0. The summed E-state index contributed by atoms with van der Waals surface area (Å²) in [5.74, 6) is 0.405. The lowest BCUT2D eigenvalue weighted by Gasteiger charge is -2.38. The highest BCUT2D eigenvalue weighted by molar-refractivity contribution is 5.74. The summed E-state index contributed by atoms with van der Waals surface area (Å²) in [4.78, 5) is 2.24. The topological polar surface area (TPSA) is 67.7 Å². The van der Waals surface area contributed by atoms with E-state index in [0.29, 0.717) is 41.0 Å². The van der Waals surface area contributed by atoms with Gasteiger partial charge in [-0.05, 0) is 31.4 Å².